The smallest absolute Gasteiger partial charge is 0.322 e. The molecule has 412 valence electrons. The van der Waals surface area contributed by atoms with Gasteiger partial charge in [0.1, 0.15) is 54.6 Å². The van der Waals surface area contributed by atoms with Crippen LogP contribution in [0.2, 0.25) is 0 Å². The van der Waals surface area contributed by atoms with Gasteiger partial charge in [-0.25, -0.2) is 0 Å². The number of carboxylic acid groups (broad SMARTS) is 1. The summed E-state index contributed by atoms with van der Waals surface area (Å²) in [5, 5.41) is 36.5. The number of hydrogen-bond donors (Lipinski definition) is 14. The summed E-state index contributed by atoms with van der Waals surface area (Å²) in [7, 11) is 2.78. The molecule has 75 heavy (non-hydrogen) atoms. The van der Waals surface area contributed by atoms with Crippen LogP contribution in [0, 0.1) is 0 Å². The number of aromatic hydroxyl groups is 1. The van der Waals surface area contributed by atoms with Crippen molar-refractivity contribution in [1.29, 1.82) is 0 Å². The quantitative estimate of drug-likeness (QED) is 0.0256. The Morgan fingerprint density at radius 1 is 0.680 bits per heavy atom. The maximum atomic E-state index is 14.4. The molecule has 2 aromatic carbocycles. The number of rotatable bonds is 31. The van der Waals surface area contributed by atoms with Gasteiger partial charge in [0.2, 0.25) is 59.1 Å². The molecule has 0 aromatic heterocycles. The number of likely N-dealkylation sites (tertiary alicyclic amines) is 1. The summed E-state index contributed by atoms with van der Waals surface area (Å²) in [6.45, 7) is -0.329. The van der Waals surface area contributed by atoms with E-state index in [9.17, 15) is 57.8 Å². The minimum atomic E-state index is -1.72. The van der Waals surface area contributed by atoms with Gasteiger partial charge in [-0.2, -0.15) is 25.3 Å². The lowest BCUT2D eigenvalue weighted by atomic mass is 10.0. The van der Waals surface area contributed by atoms with Crippen molar-refractivity contribution in [2.45, 2.75) is 113 Å². The van der Waals surface area contributed by atoms with Crippen LogP contribution in [0.1, 0.15) is 62.5 Å². The van der Waals surface area contributed by atoms with Gasteiger partial charge in [0.25, 0.3) is 0 Å². The van der Waals surface area contributed by atoms with Crippen molar-refractivity contribution < 1.29 is 63.0 Å². The lowest BCUT2D eigenvalue weighted by molar-refractivity contribution is -0.142. The second-order valence-corrected chi connectivity index (χ2v) is 18.7. The van der Waals surface area contributed by atoms with Crippen LogP contribution in [-0.4, -0.2) is 179 Å². The number of aliphatic carboxylic acids is 1. The van der Waals surface area contributed by atoms with Crippen molar-refractivity contribution in [3.63, 3.8) is 0 Å². The molecule has 8 atom stereocenters. The predicted octanol–water partition coefficient (Wildman–Crippen LogP) is -3.66. The van der Waals surface area contributed by atoms with Gasteiger partial charge in [-0.3, -0.25) is 52.7 Å². The molecule has 25 nitrogen and oxygen atoms in total. The Labute approximate surface area is 445 Å². The van der Waals surface area contributed by atoms with E-state index in [1.807, 2.05) is 0 Å². The lowest BCUT2D eigenvalue weighted by Crippen LogP contribution is -2.61. The number of phenols is 1. The summed E-state index contributed by atoms with van der Waals surface area (Å²) in [5.41, 5.74) is 18.0. The molecule has 0 aliphatic carbocycles. The van der Waals surface area contributed by atoms with E-state index in [1.54, 1.807) is 30.3 Å². The highest BCUT2D eigenvalue weighted by Gasteiger charge is 2.40. The number of carbonyl (C=O) groups is 11. The molecule has 3 rings (SSSR count). The molecule has 0 saturated carbocycles. The highest BCUT2D eigenvalue weighted by atomic mass is 32.1. The van der Waals surface area contributed by atoms with Crippen molar-refractivity contribution >= 4 is 90.3 Å². The third-order valence-electron chi connectivity index (χ3n) is 11.9. The number of phenolic OH excluding ortho intramolecular Hbond substituents is 1. The number of nitrogens with one attached hydrogen (secondary N) is 7. The van der Waals surface area contributed by atoms with Gasteiger partial charge in [-0.15, -0.1) is 0 Å². The standard InChI is InChI=1S/C48H70N12O13S2/c1-59(2)39(63)23-35(46(71)58-36(26-75)48(73)60-20-8-12-37(60)47(72)54-31(11-6-7-19-49)42(67)52-24-40(64)65)57-43(68)32(17-18-38(51)62)53-44(69)34(21-27-9-4-3-5-10-27)56-45(70)33(55-41(66)30(50)25-74)22-28-13-15-29(61)16-14-28/h3-5,9-10,13-16,30-37,61,74-75H,6-8,11-12,17-26,49-50H2,1-2H3,(H2,51,62)(H,52,67)(H,53,69)(H,54,72)(H,55,66)(H,56,70)(H,57,68)(H,58,71)(H,64,65)/t30-,31-,32-,33-,34-,35-,36-,37+/m0/s1. The minimum Gasteiger partial charge on any atom is -0.508 e. The van der Waals surface area contributed by atoms with E-state index in [-0.39, 0.29) is 49.5 Å². The Morgan fingerprint density at radius 2 is 1.21 bits per heavy atom. The first kappa shape index (κ1) is 62.3. The van der Waals surface area contributed by atoms with Crippen LogP contribution in [0.4, 0.5) is 0 Å². The number of nitrogens with two attached hydrogens (primary N) is 3. The highest BCUT2D eigenvalue weighted by Crippen LogP contribution is 2.20. The van der Waals surface area contributed by atoms with Crippen LogP contribution in [0.15, 0.2) is 54.6 Å². The molecule has 2 aromatic rings. The van der Waals surface area contributed by atoms with Gasteiger partial charge in [-0.05, 0) is 68.3 Å². The molecule has 1 saturated heterocycles. The van der Waals surface area contributed by atoms with Gasteiger partial charge in [-0.1, -0.05) is 42.5 Å². The van der Waals surface area contributed by atoms with Crippen molar-refractivity contribution in [2.75, 3.05) is 45.2 Å². The Hall–Kier alpha value is -6.97. The van der Waals surface area contributed by atoms with Crippen molar-refractivity contribution in [1.82, 2.24) is 47.0 Å². The van der Waals surface area contributed by atoms with E-state index in [4.69, 9.17) is 22.3 Å². The van der Waals surface area contributed by atoms with E-state index >= 15 is 0 Å². The summed E-state index contributed by atoms with van der Waals surface area (Å²) < 4.78 is 0. The van der Waals surface area contributed by atoms with Gasteiger partial charge in [0.05, 0.1) is 12.5 Å². The molecule has 0 bridgehead atoms. The third kappa shape index (κ3) is 21.1. The maximum Gasteiger partial charge on any atom is 0.322 e. The van der Waals surface area contributed by atoms with Crippen molar-refractivity contribution in [3.8, 4) is 5.75 Å². The number of benzene rings is 2. The molecular weight excluding hydrogens is 1020 g/mol. The Kier molecular flexibility index (Phi) is 26.3. The van der Waals surface area contributed by atoms with E-state index < -0.39 is 139 Å². The van der Waals surface area contributed by atoms with E-state index in [1.165, 1.54) is 43.3 Å². The monoisotopic (exact) mass is 1090 g/mol. The topological polar surface area (TPSA) is 397 Å². The first-order valence-corrected chi connectivity index (χ1v) is 25.4. The van der Waals surface area contributed by atoms with Crippen LogP contribution >= 0.6 is 25.3 Å². The summed E-state index contributed by atoms with van der Waals surface area (Å²) in [5.74, 6) is -10.1. The number of unbranched alkanes of at least 4 members (excludes halogenated alkanes) is 1. The van der Waals surface area contributed by atoms with Crippen LogP contribution < -0.4 is 54.4 Å². The number of carboxylic acids is 1. The average molecular weight is 1090 g/mol. The summed E-state index contributed by atoms with van der Waals surface area (Å²) in [4.78, 5) is 149. The maximum absolute atomic E-state index is 14.4. The first-order chi connectivity index (χ1) is 35.6. The number of amides is 10. The number of nitrogens with zero attached hydrogens (tertiary/aromatic N) is 2. The third-order valence-corrected chi connectivity index (χ3v) is 12.7. The number of thiol groups is 2. The van der Waals surface area contributed by atoms with Gasteiger partial charge < -0.3 is 74.4 Å². The molecule has 27 heteroatoms. The molecule has 1 aliphatic rings. The Bertz CT molecular complexity index is 2310. The van der Waals surface area contributed by atoms with Crippen LogP contribution in [0.5, 0.6) is 5.75 Å². The average Bonchev–Trinajstić information content (AvgIpc) is 3.88. The second-order valence-electron chi connectivity index (χ2n) is 18.0. The molecular formula is C48H70N12O13S2. The zero-order valence-electron chi connectivity index (χ0n) is 41.8. The van der Waals surface area contributed by atoms with E-state index in [0.717, 1.165) is 4.90 Å². The fraction of sp³-hybridized carbons (Fsp3) is 0.521. The number of primary amides is 1. The largest absolute Gasteiger partial charge is 0.508 e. The zero-order valence-corrected chi connectivity index (χ0v) is 43.6. The molecule has 1 heterocycles. The predicted molar refractivity (Wildman–Crippen MR) is 279 cm³/mol. The van der Waals surface area contributed by atoms with Crippen LogP contribution in [-0.2, 0) is 65.6 Å². The minimum absolute atomic E-state index is 0.0504. The molecule has 15 N–H and O–H groups in total. The number of hydrogen-bond acceptors (Lipinski definition) is 16. The molecule has 0 spiro atoms. The van der Waals surface area contributed by atoms with E-state index in [0.29, 0.717) is 36.9 Å². The van der Waals surface area contributed by atoms with Crippen molar-refractivity contribution in [2.24, 2.45) is 17.2 Å². The summed E-state index contributed by atoms with van der Waals surface area (Å²) in [6, 6.07) is 3.31. The molecule has 0 radical (unpaired) electrons. The zero-order chi connectivity index (χ0) is 55.8. The second kappa shape index (κ2) is 31.7. The number of carbonyl (C=O) groups excluding carboxylic acids is 10. The van der Waals surface area contributed by atoms with Crippen LogP contribution in [0.3, 0.4) is 0 Å². The Balaban J connectivity index is 1.91. The van der Waals surface area contributed by atoms with Gasteiger partial charge in [0, 0.05) is 51.4 Å². The Morgan fingerprint density at radius 3 is 1.77 bits per heavy atom. The molecule has 1 fully saturated rings. The van der Waals surface area contributed by atoms with Crippen molar-refractivity contribution in [3.05, 3.63) is 65.7 Å². The summed E-state index contributed by atoms with van der Waals surface area (Å²) in [6.07, 6.45) is -0.254. The SMILES string of the molecule is CN(C)C(=O)C[C@H](NC(=O)[C@H](CCC(N)=O)NC(=O)[C@H](Cc1ccccc1)NC(=O)[C@H](Cc1ccc(O)cc1)NC(=O)[C@@H](N)CS)C(=O)N[C@@H](CS)C(=O)N1CCC[C@@H]1C(=O)N[C@@H](CCCCN)C(=O)NCC(=O)O. The fourth-order valence-corrected chi connectivity index (χ4v) is 8.13. The normalized spacial score (nSPS) is 15.8. The molecule has 10 amide bonds. The molecule has 1 aliphatic heterocycles. The first-order valence-electron chi connectivity index (χ1n) is 24.2. The summed E-state index contributed by atoms with van der Waals surface area (Å²) >= 11 is 8.36. The lowest BCUT2D eigenvalue weighted by Gasteiger charge is -2.30. The molecule has 0 unspecified atom stereocenters. The van der Waals surface area contributed by atoms with Gasteiger partial charge in [0.15, 0.2) is 0 Å². The van der Waals surface area contributed by atoms with E-state index in [2.05, 4.69) is 62.5 Å². The van der Waals surface area contributed by atoms with Crippen LogP contribution in [0.25, 0.3) is 0 Å². The van der Waals surface area contributed by atoms with Gasteiger partial charge >= 0.3 is 5.97 Å². The highest BCUT2D eigenvalue weighted by molar-refractivity contribution is 7.80. The fourth-order valence-electron chi connectivity index (χ4n) is 7.71.